The van der Waals surface area contributed by atoms with E-state index in [4.69, 9.17) is 18.9 Å². The van der Waals surface area contributed by atoms with Crippen molar-refractivity contribution < 1.29 is 42.1 Å². The molecule has 0 fully saturated rings. The summed E-state index contributed by atoms with van der Waals surface area (Å²) in [6.07, 6.45) is -1.93. The summed E-state index contributed by atoms with van der Waals surface area (Å²) >= 11 is 0. The Morgan fingerprint density at radius 3 is 2.03 bits per heavy atom. The molecule has 1 aromatic rings. The minimum Gasteiger partial charge on any atom is -0.497 e. The van der Waals surface area contributed by atoms with Crippen LogP contribution in [0.25, 0.3) is 5.70 Å². The Morgan fingerprint density at radius 2 is 1.60 bits per heavy atom. The van der Waals surface area contributed by atoms with Gasteiger partial charge in [0.25, 0.3) is 6.08 Å². The van der Waals surface area contributed by atoms with Gasteiger partial charge in [0.2, 0.25) is 11.4 Å². The second-order valence-corrected chi connectivity index (χ2v) is 6.26. The first-order valence-corrected chi connectivity index (χ1v) is 8.63. The SMILES string of the molecule is COC(=O)C1(C(=O)OC)CC(=C(F)F)C=C(c2ccc(OC)cc2OC)N1C(C)=O. The van der Waals surface area contributed by atoms with Crippen molar-refractivity contribution in [2.24, 2.45) is 0 Å². The van der Waals surface area contributed by atoms with E-state index in [1.165, 1.54) is 32.4 Å². The van der Waals surface area contributed by atoms with Gasteiger partial charge in [-0.1, -0.05) is 0 Å². The minimum absolute atomic E-state index is 0.160. The van der Waals surface area contributed by atoms with Crippen LogP contribution < -0.4 is 9.47 Å². The lowest BCUT2D eigenvalue weighted by molar-refractivity contribution is -0.173. The van der Waals surface area contributed by atoms with Gasteiger partial charge in [-0.05, 0) is 18.2 Å². The monoisotopic (exact) mass is 425 g/mol. The smallest absolute Gasteiger partial charge is 0.344 e. The first-order valence-electron chi connectivity index (χ1n) is 8.63. The third kappa shape index (κ3) is 3.72. The Labute approximate surface area is 171 Å². The number of allylic oxidation sites excluding steroid dienone is 1. The molecule has 1 amide bonds. The highest BCUT2D eigenvalue weighted by atomic mass is 19.3. The highest BCUT2D eigenvalue weighted by Gasteiger charge is 2.58. The van der Waals surface area contributed by atoms with Crippen molar-refractivity contribution in [3.8, 4) is 11.5 Å². The number of amides is 1. The van der Waals surface area contributed by atoms with E-state index in [0.717, 1.165) is 32.1 Å². The van der Waals surface area contributed by atoms with Gasteiger partial charge in [0.15, 0.2) is 0 Å². The molecule has 0 aliphatic carbocycles. The van der Waals surface area contributed by atoms with E-state index >= 15 is 0 Å². The number of benzene rings is 1. The molecule has 1 heterocycles. The van der Waals surface area contributed by atoms with Gasteiger partial charge >= 0.3 is 11.9 Å². The summed E-state index contributed by atoms with van der Waals surface area (Å²) in [6, 6.07) is 4.44. The number of carbonyl (C=O) groups excluding carboxylic acids is 3. The predicted molar refractivity (Wildman–Crippen MR) is 101 cm³/mol. The molecular weight excluding hydrogens is 404 g/mol. The third-order valence-corrected chi connectivity index (χ3v) is 4.67. The number of ether oxygens (including phenoxy) is 4. The van der Waals surface area contributed by atoms with Gasteiger partial charge < -0.3 is 18.9 Å². The molecule has 1 aliphatic heterocycles. The van der Waals surface area contributed by atoms with Crippen LogP contribution in [-0.4, -0.2) is 56.7 Å². The molecule has 0 saturated carbocycles. The van der Waals surface area contributed by atoms with E-state index in [2.05, 4.69) is 0 Å². The molecule has 10 heteroatoms. The Bertz CT molecular complexity index is 919. The molecule has 1 aromatic carbocycles. The molecule has 0 atom stereocenters. The Balaban J connectivity index is 2.93. The van der Waals surface area contributed by atoms with Gasteiger partial charge in [0, 0.05) is 30.5 Å². The normalized spacial score (nSPS) is 15.1. The van der Waals surface area contributed by atoms with Gasteiger partial charge in [-0.25, -0.2) is 9.59 Å². The number of hydrogen-bond donors (Lipinski definition) is 0. The van der Waals surface area contributed by atoms with Gasteiger partial charge in [-0.2, -0.15) is 8.78 Å². The van der Waals surface area contributed by atoms with Crippen molar-refractivity contribution in [2.75, 3.05) is 28.4 Å². The number of hydrogen-bond acceptors (Lipinski definition) is 7. The lowest BCUT2D eigenvalue weighted by atomic mass is 9.82. The minimum atomic E-state index is -2.48. The zero-order valence-corrected chi connectivity index (χ0v) is 17.1. The van der Waals surface area contributed by atoms with Crippen LogP contribution in [0.4, 0.5) is 8.78 Å². The maximum Gasteiger partial charge on any atom is 0.344 e. The number of halogens is 2. The molecule has 0 unspecified atom stereocenters. The van der Waals surface area contributed by atoms with Gasteiger partial charge in [0.05, 0.1) is 34.1 Å². The zero-order valence-electron chi connectivity index (χ0n) is 17.1. The lowest BCUT2D eigenvalue weighted by Gasteiger charge is -2.42. The number of methoxy groups -OCH3 is 4. The number of carbonyl (C=O) groups is 3. The number of esters is 2. The standard InChI is InChI=1S/C20H21F2NO7/c1-11(24)23-15(14-7-6-13(27-2)9-16(14)28-3)8-12(17(21)22)10-20(23,18(25)29-4)19(26)30-5/h6-9H,10H2,1-5H3. The summed E-state index contributed by atoms with van der Waals surface area (Å²) in [6.45, 7) is 1.09. The molecule has 8 nitrogen and oxygen atoms in total. The van der Waals surface area contributed by atoms with Crippen molar-refractivity contribution in [1.29, 1.82) is 0 Å². The summed E-state index contributed by atoms with van der Waals surface area (Å²) in [7, 11) is 4.72. The molecule has 2 rings (SSSR count). The van der Waals surface area contributed by atoms with Crippen molar-refractivity contribution in [2.45, 2.75) is 18.9 Å². The second kappa shape index (κ2) is 8.93. The molecule has 0 radical (unpaired) electrons. The van der Waals surface area contributed by atoms with Crippen LogP contribution in [0.15, 0.2) is 35.9 Å². The first-order chi connectivity index (χ1) is 14.2. The zero-order chi connectivity index (χ0) is 22.6. The maximum atomic E-state index is 13.7. The van der Waals surface area contributed by atoms with E-state index in [1.54, 1.807) is 0 Å². The van der Waals surface area contributed by atoms with Gasteiger partial charge in [-0.3, -0.25) is 9.69 Å². The summed E-state index contributed by atoms with van der Waals surface area (Å²) in [4.78, 5) is 38.9. The lowest BCUT2D eigenvalue weighted by Crippen LogP contribution is -2.63. The van der Waals surface area contributed by atoms with Crippen molar-refractivity contribution in [1.82, 2.24) is 4.90 Å². The fourth-order valence-electron chi connectivity index (χ4n) is 3.36. The summed E-state index contributed by atoms with van der Waals surface area (Å²) in [5.74, 6) is -2.65. The number of rotatable bonds is 5. The first kappa shape index (κ1) is 22.9. The summed E-state index contributed by atoms with van der Waals surface area (Å²) in [5, 5.41) is 0. The Morgan fingerprint density at radius 1 is 1.00 bits per heavy atom. The second-order valence-electron chi connectivity index (χ2n) is 6.26. The fourth-order valence-corrected chi connectivity index (χ4v) is 3.36. The number of nitrogens with zero attached hydrogens (tertiary/aromatic N) is 1. The molecule has 162 valence electrons. The van der Waals surface area contributed by atoms with Crippen LogP contribution in [0.3, 0.4) is 0 Å². The molecule has 0 bridgehead atoms. The van der Waals surface area contributed by atoms with Crippen LogP contribution >= 0.6 is 0 Å². The van der Waals surface area contributed by atoms with Crippen LogP contribution in [0.5, 0.6) is 11.5 Å². The molecule has 0 spiro atoms. The van der Waals surface area contributed by atoms with E-state index in [1.807, 2.05) is 0 Å². The quantitative estimate of drug-likeness (QED) is 0.529. The highest BCUT2D eigenvalue weighted by molar-refractivity contribution is 6.11. The van der Waals surface area contributed by atoms with E-state index in [0.29, 0.717) is 5.75 Å². The van der Waals surface area contributed by atoms with Gasteiger partial charge in [-0.15, -0.1) is 0 Å². The molecule has 0 saturated heterocycles. The summed E-state index contributed by atoms with van der Waals surface area (Å²) < 4.78 is 47.3. The van der Waals surface area contributed by atoms with Crippen molar-refractivity contribution in [3.05, 3.63) is 41.5 Å². The Hall–Kier alpha value is -3.43. The molecule has 0 N–H and O–H groups in total. The summed E-state index contributed by atoms with van der Waals surface area (Å²) in [5.41, 5.74) is -3.10. The average molecular weight is 425 g/mol. The molecule has 30 heavy (non-hydrogen) atoms. The third-order valence-electron chi connectivity index (χ3n) is 4.67. The largest absolute Gasteiger partial charge is 0.497 e. The Kier molecular flexibility index (Phi) is 6.81. The molecule has 0 aromatic heterocycles. The predicted octanol–water partition coefficient (Wildman–Crippen LogP) is 2.53. The van der Waals surface area contributed by atoms with Crippen LogP contribution in [-0.2, 0) is 23.9 Å². The topological polar surface area (TPSA) is 91.4 Å². The van der Waals surface area contributed by atoms with Crippen molar-refractivity contribution in [3.63, 3.8) is 0 Å². The van der Waals surface area contributed by atoms with Crippen molar-refractivity contribution >= 4 is 23.5 Å². The fraction of sp³-hybridized carbons (Fsp3) is 0.350. The van der Waals surface area contributed by atoms with E-state index < -0.39 is 41.5 Å². The van der Waals surface area contributed by atoms with Crippen LogP contribution in [0.2, 0.25) is 0 Å². The molecular formula is C20H21F2NO7. The van der Waals surface area contributed by atoms with Gasteiger partial charge in [0.1, 0.15) is 11.5 Å². The van der Waals surface area contributed by atoms with E-state index in [9.17, 15) is 23.2 Å². The van der Waals surface area contributed by atoms with Crippen LogP contribution in [0, 0.1) is 0 Å². The molecule has 1 aliphatic rings. The maximum absolute atomic E-state index is 13.7. The highest BCUT2D eigenvalue weighted by Crippen LogP contribution is 2.44. The van der Waals surface area contributed by atoms with E-state index in [-0.39, 0.29) is 17.0 Å². The van der Waals surface area contributed by atoms with Crippen LogP contribution in [0.1, 0.15) is 18.9 Å². The average Bonchev–Trinajstić information content (AvgIpc) is 2.75.